The summed E-state index contributed by atoms with van der Waals surface area (Å²) < 4.78 is 14.1. The maximum absolute atomic E-state index is 14.1. The van der Waals surface area contributed by atoms with E-state index in [4.69, 9.17) is 4.98 Å². The van der Waals surface area contributed by atoms with Crippen LogP contribution in [0.25, 0.3) is 21.6 Å². The average molecular weight is 396 g/mol. The Bertz CT molecular complexity index is 1020. The first-order chi connectivity index (χ1) is 13.7. The molecule has 2 aromatic heterocycles. The van der Waals surface area contributed by atoms with Crippen molar-refractivity contribution in [3.05, 3.63) is 42.2 Å². The van der Waals surface area contributed by atoms with E-state index in [1.165, 1.54) is 17.4 Å². The number of nitrogens with one attached hydrogen (secondary N) is 1. The number of hydrogen-bond donors (Lipinski definition) is 1. The summed E-state index contributed by atoms with van der Waals surface area (Å²) in [6.07, 6.45) is 3.95. The maximum Gasteiger partial charge on any atom is 0.223 e. The fourth-order valence-corrected chi connectivity index (χ4v) is 4.63. The monoisotopic (exact) mass is 396 g/mol. The van der Waals surface area contributed by atoms with Crippen molar-refractivity contribution in [2.75, 3.05) is 18.0 Å². The van der Waals surface area contributed by atoms with Crippen molar-refractivity contribution in [3.63, 3.8) is 0 Å². The van der Waals surface area contributed by atoms with E-state index in [0.717, 1.165) is 54.3 Å². The lowest BCUT2D eigenvalue weighted by Gasteiger charge is -2.30. The summed E-state index contributed by atoms with van der Waals surface area (Å²) in [5.41, 5.74) is 1.95. The number of piperidine rings is 1. The molecule has 0 atom stereocenters. The van der Waals surface area contributed by atoms with Crippen LogP contribution in [0.4, 0.5) is 9.52 Å². The van der Waals surface area contributed by atoms with Gasteiger partial charge in [0.1, 0.15) is 16.2 Å². The summed E-state index contributed by atoms with van der Waals surface area (Å²) in [7, 11) is 0. The third-order valence-electron chi connectivity index (χ3n) is 5.45. The van der Waals surface area contributed by atoms with E-state index < -0.39 is 0 Å². The Morgan fingerprint density at radius 2 is 1.86 bits per heavy atom. The molecule has 1 N–H and O–H groups in total. The molecule has 1 saturated heterocycles. The Labute approximate surface area is 166 Å². The number of carbonyl (C=O) groups excluding carboxylic acids is 1. The van der Waals surface area contributed by atoms with Crippen LogP contribution in [-0.2, 0) is 4.79 Å². The molecule has 5 rings (SSSR count). The van der Waals surface area contributed by atoms with Crippen LogP contribution in [0.1, 0.15) is 25.7 Å². The summed E-state index contributed by atoms with van der Waals surface area (Å²) in [6, 6.07) is 10.8. The Kier molecular flexibility index (Phi) is 4.47. The molecular weight excluding hydrogens is 375 g/mol. The van der Waals surface area contributed by atoms with Gasteiger partial charge in [0.2, 0.25) is 5.91 Å². The van der Waals surface area contributed by atoms with E-state index in [1.807, 2.05) is 18.2 Å². The number of pyridine rings is 1. The Morgan fingerprint density at radius 1 is 1.07 bits per heavy atom. The number of halogens is 1. The van der Waals surface area contributed by atoms with E-state index in [-0.39, 0.29) is 17.6 Å². The van der Waals surface area contributed by atoms with Crippen LogP contribution in [-0.4, -0.2) is 35.0 Å². The van der Waals surface area contributed by atoms with Crippen molar-refractivity contribution >= 4 is 32.7 Å². The van der Waals surface area contributed by atoms with Crippen LogP contribution in [0.3, 0.4) is 0 Å². The molecule has 0 bridgehead atoms. The minimum atomic E-state index is -0.273. The van der Waals surface area contributed by atoms with Crippen LogP contribution >= 0.6 is 11.3 Å². The highest BCUT2D eigenvalue weighted by Gasteiger charge is 2.30. The number of amides is 1. The number of aromatic nitrogens is 2. The van der Waals surface area contributed by atoms with Crippen molar-refractivity contribution in [2.45, 2.75) is 31.7 Å². The highest BCUT2D eigenvalue weighted by atomic mass is 32.1. The van der Waals surface area contributed by atoms with E-state index >= 15 is 0 Å². The summed E-state index contributed by atoms with van der Waals surface area (Å²) in [4.78, 5) is 24.6. The van der Waals surface area contributed by atoms with Gasteiger partial charge in [0.25, 0.3) is 0 Å². The number of nitrogens with zero attached hydrogens (tertiary/aromatic N) is 3. The van der Waals surface area contributed by atoms with Gasteiger partial charge in [-0.25, -0.2) is 14.4 Å². The molecule has 28 heavy (non-hydrogen) atoms. The summed E-state index contributed by atoms with van der Waals surface area (Å²) in [5, 5.41) is 4.04. The van der Waals surface area contributed by atoms with Gasteiger partial charge in [-0.1, -0.05) is 23.5 Å². The van der Waals surface area contributed by atoms with Crippen molar-refractivity contribution in [3.8, 4) is 11.3 Å². The van der Waals surface area contributed by atoms with Crippen LogP contribution in [0.2, 0.25) is 0 Å². The minimum Gasteiger partial charge on any atom is -0.353 e. The molecule has 1 aliphatic carbocycles. The van der Waals surface area contributed by atoms with Gasteiger partial charge in [-0.3, -0.25) is 4.79 Å². The second-order valence-corrected chi connectivity index (χ2v) is 8.50. The Hall–Kier alpha value is -2.54. The van der Waals surface area contributed by atoms with Crippen molar-refractivity contribution in [2.24, 2.45) is 5.92 Å². The van der Waals surface area contributed by atoms with Crippen molar-refractivity contribution < 1.29 is 9.18 Å². The lowest BCUT2D eigenvalue weighted by molar-refractivity contribution is -0.125. The van der Waals surface area contributed by atoms with E-state index in [2.05, 4.69) is 15.2 Å². The predicted octanol–water partition coefficient (Wildman–Crippen LogP) is 3.99. The van der Waals surface area contributed by atoms with Crippen molar-refractivity contribution in [1.82, 2.24) is 15.3 Å². The molecular formula is C21H21FN4OS. The molecule has 144 valence electrons. The molecule has 0 unspecified atom stereocenters. The van der Waals surface area contributed by atoms with Crippen LogP contribution < -0.4 is 10.2 Å². The molecule has 3 aromatic rings. The zero-order valence-corrected chi connectivity index (χ0v) is 16.2. The first-order valence-electron chi connectivity index (χ1n) is 9.75. The van der Waals surface area contributed by atoms with Crippen LogP contribution in [0.5, 0.6) is 0 Å². The zero-order chi connectivity index (χ0) is 19.1. The van der Waals surface area contributed by atoms with Gasteiger partial charge in [-0.05, 0) is 49.9 Å². The lowest BCUT2D eigenvalue weighted by atomic mass is 9.96. The topological polar surface area (TPSA) is 58.1 Å². The smallest absolute Gasteiger partial charge is 0.223 e. The Balaban J connectivity index is 1.31. The van der Waals surface area contributed by atoms with Gasteiger partial charge >= 0.3 is 0 Å². The van der Waals surface area contributed by atoms with E-state index in [0.29, 0.717) is 17.3 Å². The molecule has 1 aliphatic heterocycles. The molecule has 0 spiro atoms. The summed E-state index contributed by atoms with van der Waals surface area (Å²) in [6.45, 7) is 1.64. The number of benzene rings is 1. The Morgan fingerprint density at radius 3 is 2.61 bits per heavy atom. The number of hydrogen-bond acceptors (Lipinski definition) is 5. The third kappa shape index (κ3) is 3.46. The quantitative estimate of drug-likeness (QED) is 0.724. The number of anilines is 1. The first kappa shape index (κ1) is 17.6. The molecule has 2 aliphatic rings. The number of thiazole rings is 1. The van der Waals surface area contributed by atoms with Gasteiger partial charge in [-0.15, -0.1) is 0 Å². The highest BCUT2D eigenvalue weighted by molar-refractivity contribution is 7.21. The van der Waals surface area contributed by atoms with Gasteiger partial charge in [-0.2, -0.15) is 0 Å². The fraction of sp³-hybridized carbons (Fsp3) is 0.381. The second-order valence-electron chi connectivity index (χ2n) is 7.54. The van der Waals surface area contributed by atoms with Crippen LogP contribution in [0.15, 0.2) is 36.4 Å². The van der Waals surface area contributed by atoms with Gasteiger partial charge in [0.05, 0.1) is 5.69 Å². The highest BCUT2D eigenvalue weighted by Crippen LogP contribution is 2.33. The molecule has 2 fully saturated rings. The summed E-state index contributed by atoms with van der Waals surface area (Å²) >= 11 is 1.53. The molecule has 1 amide bonds. The molecule has 3 heterocycles. The molecule has 5 nitrogen and oxygen atoms in total. The standard InChI is InChI=1S/C21H21FN4OS/c22-16-4-2-1-3-15(16)17-7-8-18-20(24-17)28-21(25-18)26-11-9-13(10-12-26)19(27)23-14-5-6-14/h1-4,7-8,13-14H,5-6,9-12H2,(H,23,27). The molecule has 1 aromatic carbocycles. The molecule has 1 saturated carbocycles. The lowest BCUT2D eigenvalue weighted by Crippen LogP contribution is -2.41. The summed E-state index contributed by atoms with van der Waals surface area (Å²) in [5.74, 6) is 0.0466. The van der Waals surface area contributed by atoms with Crippen LogP contribution in [0, 0.1) is 11.7 Å². The minimum absolute atomic E-state index is 0.108. The SMILES string of the molecule is O=C(NC1CC1)C1CCN(c2nc3ccc(-c4ccccc4F)nc3s2)CC1. The van der Waals surface area contributed by atoms with Gasteiger partial charge < -0.3 is 10.2 Å². The van der Waals surface area contributed by atoms with E-state index in [9.17, 15) is 9.18 Å². The number of fused-ring (bicyclic) bond motifs is 1. The number of carbonyl (C=O) groups is 1. The van der Waals surface area contributed by atoms with Gasteiger partial charge in [0.15, 0.2) is 5.13 Å². The zero-order valence-electron chi connectivity index (χ0n) is 15.4. The van der Waals surface area contributed by atoms with Crippen molar-refractivity contribution in [1.29, 1.82) is 0 Å². The largest absolute Gasteiger partial charge is 0.353 e. The average Bonchev–Trinajstić information content (AvgIpc) is 3.43. The molecule has 0 radical (unpaired) electrons. The second kappa shape index (κ2) is 7.13. The van der Waals surface area contributed by atoms with Gasteiger partial charge in [0, 0.05) is 30.6 Å². The number of rotatable bonds is 4. The van der Waals surface area contributed by atoms with E-state index in [1.54, 1.807) is 12.1 Å². The third-order valence-corrected chi connectivity index (χ3v) is 6.48. The maximum atomic E-state index is 14.1. The predicted molar refractivity (Wildman–Crippen MR) is 109 cm³/mol. The first-order valence-corrected chi connectivity index (χ1v) is 10.6. The normalized spacial score (nSPS) is 17.8. The fourth-order valence-electron chi connectivity index (χ4n) is 3.64. The molecule has 7 heteroatoms.